The lowest BCUT2D eigenvalue weighted by molar-refractivity contribution is 0.0940. The number of hydrogen-bond donors (Lipinski definition) is 3. The second-order valence-corrected chi connectivity index (χ2v) is 10.8. The summed E-state index contributed by atoms with van der Waals surface area (Å²) in [5, 5.41) is 2.93. The number of carbonyl (C=O) groups excluding carboxylic acids is 1. The number of rotatable bonds is 10. The Morgan fingerprint density at radius 3 is 2.46 bits per heavy atom. The Kier molecular flexibility index (Phi) is 8.64. The third-order valence-electron chi connectivity index (χ3n) is 6.51. The van der Waals surface area contributed by atoms with Crippen LogP contribution in [-0.2, 0) is 23.0 Å². The van der Waals surface area contributed by atoms with E-state index in [1.807, 2.05) is 50.2 Å². The Labute approximate surface area is 230 Å². The third-order valence-corrected chi connectivity index (χ3v) is 7.12. The van der Waals surface area contributed by atoms with Crippen LogP contribution < -0.4 is 16.0 Å². The van der Waals surface area contributed by atoms with Gasteiger partial charge in [0.1, 0.15) is 23.2 Å². The number of nitrogens with one attached hydrogen (secondary N) is 1. The summed E-state index contributed by atoms with van der Waals surface area (Å²) in [5.41, 5.74) is 9.22. The molecule has 0 aliphatic heterocycles. The zero-order valence-electron chi connectivity index (χ0n) is 22.1. The van der Waals surface area contributed by atoms with Gasteiger partial charge in [-0.2, -0.15) is 0 Å². The fraction of sp³-hybridized carbons (Fsp3) is 0.233. The van der Waals surface area contributed by atoms with Gasteiger partial charge in [-0.15, -0.1) is 0 Å². The first-order chi connectivity index (χ1) is 18.5. The maximum atomic E-state index is 13.3. The van der Waals surface area contributed by atoms with Gasteiger partial charge in [-0.1, -0.05) is 42.5 Å². The smallest absolute Gasteiger partial charge is 0.251 e. The average molecular weight is 550 g/mol. The first-order valence-electron chi connectivity index (χ1n) is 12.5. The number of anilines is 1. The van der Waals surface area contributed by atoms with Crippen molar-refractivity contribution < 1.29 is 22.4 Å². The Morgan fingerprint density at radius 2 is 1.79 bits per heavy atom. The third kappa shape index (κ3) is 7.20. The quantitative estimate of drug-likeness (QED) is 0.222. The highest BCUT2D eigenvalue weighted by atomic mass is 32.2. The largest absolute Gasteiger partial charge is 0.459 e. The van der Waals surface area contributed by atoms with Gasteiger partial charge in [0.2, 0.25) is 0 Å². The molecule has 0 radical (unpaired) electrons. The molecule has 1 amide bonds. The molecule has 0 aliphatic rings. The van der Waals surface area contributed by atoms with Gasteiger partial charge in [-0.3, -0.25) is 4.79 Å². The predicted molar refractivity (Wildman–Crippen MR) is 152 cm³/mol. The van der Waals surface area contributed by atoms with E-state index in [0.717, 1.165) is 11.1 Å². The van der Waals surface area contributed by atoms with Crippen LogP contribution >= 0.6 is 0 Å². The molecule has 0 spiro atoms. The molecule has 4 rings (SSSR count). The lowest BCUT2D eigenvalue weighted by Crippen LogP contribution is -2.35. The van der Waals surface area contributed by atoms with E-state index in [-0.39, 0.29) is 23.6 Å². The van der Waals surface area contributed by atoms with Gasteiger partial charge in [-0.25, -0.2) is 8.60 Å². The number of hydrogen-bond acceptors (Lipinski definition) is 5. The Morgan fingerprint density at radius 1 is 1.10 bits per heavy atom. The Hall–Kier alpha value is -3.79. The molecule has 4 aromatic rings. The molecular formula is C30H32FN3O4S. The van der Waals surface area contributed by atoms with Crippen LogP contribution in [-0.4, -0.2) is 27.6 Å². The second-order valence-electron chi connectivity index (χ2n) is 9.91. The van der Waals surface area contributed by atoms with E-state index in [1.165, 1.54) is 12.1 Å². The van der Waals surface area contributed by atoms with Crippen molar-refractivity contribution in [3.63, 3.8) is 0 Å². The topological polar surface area (TPSA) is 109 Å². The van der Waals surface area contributed by atoms with Gasteiger partial charge in [0.25, 0.3) is 5.91 Å². The van der Waals surface area contributed by atoms with E-state index < -0.39 is 16.6 Å². The van der Waals surface area contributed by atoms with Crippen molar-refractivity contribution in [3.8, 4) is 11.3 Å². The number of nitrogens with zero attached hydrogens (tertiary/aromatic N) is 1. The molecule has 2 unspecified atom stereocenters. The maximum absolute atomic E-state index is 13.3. The van der Waals surface area contributed by atoms with Crippen molar-refractivity contribution >= 4 is 22.7 Å². The van der Waals surface area contributed by atoms with Gasteiger partial charge in [0.15, 0.2) is 11.1 Å². The number of amides is 1. The molecule has 1 aromatic heterocycles. The van der Waals surface area contributed by atoms with Crippen molar-refractivity contribution in [3.05, 3.63) is 113 Å². The standard InChI is InChI=1S/C30H32FN3O4S/c1-20(22-9-11-25(31)12-10-22)33-29(35)24-15-23(16-26(17-24)34(3)19-39(36)37)27-13-14-28(38-27)30(2,32)18-21-7-5-4-6-8-21/h4-17,20H,18-19,32H2,1-3H3,(H,33,35)(H,36,37)/t20-,30?/m1/s1. The van der Waals surface area contributed by atoms with E-state index in [0.29, 0.717) is 34.8 Å². The monoisotopic (exact) mass is 549 g/mol. The average Bonchev–Trinajstić information content (AvgIpc) is 3.40. The van der Waals surface area contributed by atoms with E-state index in [4.69, 9.17) is 10.2 Å². The Bertz CT molecular complexity index is 1450. The van der Waals surface area contributed by atoms with E-state index in [2.05, 4.69) is 5.32 Å². The van der Waals surface area contributed by atoms with Crippen LogP contribution in [0.15, 0.2) is 89.3 Å². The molecule has 4 N–H and O–H groups in total. The number of halogens is 1. The van der Waals surface area contributed by atoms with Gasteiger partial charge in [-0.05, 0) is 73.9 Å². The summed E-state index contributed by atoms with van der Waals surface area (Å²) in [6, 6.07) is 24.2. The summed E-state index contributed by atoms with van der Waals surface area (Å²) >= 11 is -2.07. The summed E-state index contributed by atoms with van der Waals surface area (Å²) in [7, 11) is 1.67. The lowest BCUT2D eigenvalue weighted by atomic mass is 9.91. The van der Waals surface area contributed by atoms with Gasteiger partial charge >= 0.3 is 0 Å². The first-order valence-corrected chi connectivity index (χ1v) is 13.7. The fourth-order valence-corrected chi connectivity index (χ4v) is 4.85. The van der Waals surface area contributed by atoms with Gasteiger partial charge in [0.05, 0.1) is 11.6 Å². The molecule has 0 fully saturated rings. The highest BCUT2D eigenvalue weighted by Crippen LogP contribution is 2.32. The summed E-state index contributed by atoms with van der Waals surface area (Å²) in [6.07, 6.45) is 0.570. The van der Waals surface area contributed by atoms with Crippen LogP contribution in [0.3, 0.4) is 0 Å². The highest BCUT2D eigenvalue weighted by Gasteiger charge is 2.26. The molecule has 0 aliphatic carbocycles. The number of carbonyl (C=O) groups is 1. The minimum absolute atomic E-state index is 0.141. The maximum Gasteiger partial charge on any atom is 0.251 e. The molecule has 0 saturated heterocycles. The summed E-state index contributed by atoms with van der Waals surface area (Å²) < 4.78 is 40.4. The molecule has 9 heteroatoms. The molecule has 0 saturated carbocycles. The second kappa shape index (κ2) is 11.9. The summed E-state index contributed by atoms with van der Waals surface area (Å²) in [4.78, 5) is 14.9. The SMILES string of the molecule is C[C@@H](NC(=O)c1cc(-c2ccc(C(C)(N)Cc3ccccc3)o2)cc(N(C)CS(=O)O)c1)c1ccc(F)cc1. The van der Waals surface area contributed by atoms with E-state index in [1.54, 1.807) is 48.3 Å². The zero-order valence-corrected chi connectivity index (χ0v) is 22.9. The molecule has 0 bridgehead atoms. The van der Waals surface area contributed by atoms with E-state index in [9.17, 15) is 17.9 Å². The van der Waals surface area contributed by atoms with Crippen molar-refractivity contribution in [2.24, 2.45) is 5.73 Å². The minimum Gasteiger partial charge on any atom is -0.459 e. The number of furan rings is 1. The highest BCUT2D eigenvalue weighted by molar-refractivity contribution is 7.79. The number of benzene rings is 3. The minimum atomic E-state index is -2.07. The predicted octanol–water partition coefficient (Wildman–Crippen LogP) is 5.61. The normalized spacial score (nSPS) is 14.3. The summed E-state index contributed by atoms with van der Waals surface area (Å²) in [5.74, 6) is 0.253. The van der Waals surface area contributed by atoms with Crippen molar-refractivity contribution in [1.82, 2.24) is 5.32 Å². The van der Waals surface area contributed by atoms with Crippen molar-refractivity contribution in [1.29, 1.82) is 0 Å². The Balaban J connectivity index is 1.64. The van der Waals surface area contributed by atoms with Crippen LogP contribution in [0.4, 0.5) is 10.1 Å². The fourth-order valence-electron chi connectivity index (χ4n) is 4.37. The zero-order chi connectivity index (χ0) is 28.2. The van der Waals surface area contributed by atoms with E-state index >= 15 is 0 Å². The first kappa shape index (κ1) is 28.2. The molecule has 204 valence electrons. The van der Waals surface area contributed by atoms with Gasteiger partial charge < -0.3 is 24.9 Å². The molecular weight excluding hydrogens is 517 g/mol. The van der Waals surface area contributed by atoms with Crippen LogP contribution in [0.5, 0.6) is 0 Å². The molecule has 1 heterocycles. The van der Waals surface area contributed by atoms with Crippen molar-refractivity contribution in [2.75, 3.05) is 17.8 Å². The van der Waals surface area contributed by atoms with Crippen molar-refractivity contribution in [2.45, 2.75) is 31.8 Å². The van der Waals surface area contributed by atoms with Crippen LogP contribution in [0.2, 0.25) is 0 Å². The molecule has 3 aromatic carbocycles. The number of nitrogens with two attached hydrogens (primary N) is 1. The molecule has 3 atom stereocenters. The molecule has 39 heavy (non-hydrogen) atoms. The lowest BCUT2D eigenvalue weighted by Gasteiger charge is -2.22. The summed E-state index contributed by atoms with van der Waals surface area (Å²) in [6.45, 7) is 3.71. The van der Waals surface area contributed by atoms with Crippen LogP contribution in [0.1, 0.15) is 47.1 Å². The van der Waals surface area contributed by atoms with Crippen LogP contribution in [0, 0.1) is 5.82 Å². The van der Waals surface area contributed by atoms with Crippen LogP contribution in [0.25, 0.3) is 11.3 Å². The van der Waals surface area contributed by atoms with Gasteiger partial charge in [0, 0.05) is 23.9 Å². The molecule has 7 nitrogen and oxygen atoms in total.